The van der Waals surface area contributed by atoms with Crippen molar-refractivity contribution < 1.29 is 4.74 Å². The summed E-state index contributed by atoms with van der Waals surface area (Å²) in [6.07, 6.45) is 5.57. The van der Waals surface area contributed by atoms with Gasteiger partial charge in [-0.25, -0.2) is 0 Å². The third-order valence-electron chi connectivity index (χ3n) is 4.36. The summed E-state index contributed by atoms with van der Waals surface area (Å²) in [5.74, 6) is 0. The van der Waals surface area contributed by atoms with Crippen LogP contribution in [0.25, 0.3) is 0 Å². The molecule has 0 spiro atoms. The van der Waals surface area contributed by atoms with Gasteiger partial charge in [0.25, 0.3) is 0 Å². The largest absolute Gasteiger partial charge is 0.374 e. The molecule has 4 nitrogen and oxygen atoms in total. The summed E-state index contributed by atoms with van der Waals surface area (Å²) < 4.78 is 5.92. The Kier molecular flexibility index (Phi) is 5.89. The molecule has 2 unspecified atom stereocenters. The zero-order valence-corrected chi connectivity index (χ0v) is 11.8. The summed E-state index contributed by atoms with van der Waals surface area (Å²) in [5, 5.41) is 0. The number of morpholine rings is 1. The van der Waals surface area contributed by atoms with E-state index in [1.807, 2.05) is 0 Å². The Hall–Kier alpha value is -0.160. The molecule has 2 fully saturated rings. The Morgan fingerprint density at radius 2 is 2.17 bits per heavy atom. The summed E-state index contributed by atoms with van der Waals surface area (Å²) in [7, 11) is 0. The molecule has 0 aromatic carbocycles. The Morgan fingerprint density at radius 1 is 1.28 bits per heavy atom. The lowest BCUT2D eigenvalue weighted by Crippen LogP contribution is -2.51. The first-order chi connectivity index (χ1) is 8.83. The van der Waals surface area contributed by atoms with Crippen molar-refractivity contribution in [1.82, 2.24) is 9.80 Å². The lowest BCUT2D eigenvalue weighted by Gasteiger charge is -2.40. The van der Waals surface area contributed by atoms with Gasteiger partial charge < -0.3 is 10.5 Å². The highest BCUT2D eigenvalue weighted by atomic mass is 16.5. The molecule has 2 saturated heterocycles. The summed E-state index contributed by atoms with van der Waals surface area (Å²) in [4.78, 5) is 5.12. The van der Waals surface area contributed by atoms with Crippen molar-refractivity contribution in [2.75, 3.05) is 45.9 Å². The first kappa shape index (κ1) is 14.3. The predicted molar refractivity (Wildman–Crippen MR) is 74.7 cm³/mol. The average molecular weight is 255 g/mol. The van der Waals surface area contributed by atoms with Gasteiger partial charge in [0.1, 0.15) is 0 Å². The molecule has 0 radical (unpaired) electrons. The highest BCUT2D eigenvalue weighted by Crippen LogP contribution is 2.20. The van der Waals surface area contributed by atoms with Gasteiger partial charge >= 0.3 is 0 Å². The summed E-state index contributed by atoms with van der Waals surface area (Å²) >= 11 is 0. The van der Waals surface area contributed by atoms with Gasteiger partial charge in [-0.15, -0.1) is 0 Å². The van der Waals surface area contributed by atoms with E-state index in [1.165, 1.54) is 25.8 Å². The molecule has 2 N–H and O–H groups in total. The molecule has 2 aliphatic heterocycles. The molecule has 2 heterocycles. The van der Waals surface area contributed by atoms with Crippen LogP contribution >= 0.6 is 0 Å². The number of ether oxygens (including phenoxy) is 1. The van der Waals surface area contributed by atoms with Gasteiger partial charge in [-0.3, -0.25) is 9.80 Å². The van der Waals surface area contributed by atoms with Crippen LogP contribution in [0.5, 0.6) is 0 Å². The molecule has 0 bridgehead atoms. The number of hydrogen-bond donors (Lipinski definition) is 1. The van der Waals surface area contributed by atoms with Crippen molar-refractivity contribution in [1.29, 1.82) is 0 Å². The Morgan fingerprint density at radius 3 is 2.94 bits per heavy atom. The molecule has 2 aliphatic rings. The highest BCUT2D eigenvalue weighted by Gasteiger charge is 2.27. The van der Waals surface area contributed by atoms with Crippen molar-refractivity contribution in [2.45, 2.75) is 44.8 Å². The predicted octanol–water partition coefficient (Wildman–Crippen LogP) is 0.910. The molecule has 4 heteroatoms. The van der Waals surface area contributed by atoms with Gasteiger partial charge in [-0.05, 0) is 38.9 Å². The van der Waals surface area contributed by atoms with Crippen LogP contribution in [0.2, 0.25) is 0 Å². The van der Waals surface area contributed by atoms with E-state index in [2.05, 4.69) is 16.7 Å². The third-order valence-corrected chi connectivity index (χ3v) is 4.36. The number of rotatable bonds is 5. The smallest absolute Gasteiger partial charge is 0.0829 e. The molecular weight excluding hydrogens is 226 g/mol. The Balaban J connectivity index is 1.82. The van der Waals surface area contributed by atoms with E-state index in [0.717, 1.165) is 45.8 Å². The fourth-order valence-corrected chi connectivity index (χ4v) is 3.26. The van der Waals surface area contributed by atoms with E-state index in [1.54, 1.807) is 0 Å². The topological polar surface area (TPSA) is 41.7 Å². The molecule has 2 atom stereocenters. The first-order valence-electron chi connectivity index (χ1n) is 7.61. The number of nitrogens with zero attached hydrogens (tertiary/aromatic N) is 2. The van der Waals surface area contributed by atoms with Crippen LogP contribution in [0.15, 0.2) is 0 Å². The molecule has 0 aromatic heterocycles. The average Bonchev–Trinajstić information content (AvgIpc) is 2.41. The first-order valence-corrected chi connectivity index (χ1v) is 7.61. The van der Waals surface area contributed by atoms with Gasteiger partial charge in [0.15, 0.2) is 0 Å². The van der Waals surface area contributed by atoms with Gasteiger partial charge in [0.05, 0.1) is 12.7 Å². The SMILES string of the molecule is CCN1CCOC(CN2CCCCC2CCN)C1. The Labute approximate surface area is 111 Å². The molecule has 0 amide bonds. The second kappa shape index (κ2) is 7.43. The van der Waals surface area contributed by atoms with Crippen LogP contribution in [0.1, 0.15) is 32.6 Å². The lowest BCUT2D eigenvalue weighted by atomic mass is 9.99. The molecule has 0 aliphatic carbocycles. The number of likely N-dealkylation sites (tertiary alicyclic amines) is 1. The van der Waals surface area contributed by atoms with E-state index >= 15 is 0 Å². The van der Waals surface area contributed by atoms with E-state index in [-0.39, 0.29) is 0 Å². The number of likely N-dealkylation sites (N-methyl/N-ethyl adjacent to an activating group) is 1. The molecule has 106 valence electrons. The second-order valence-corrected chi connectivity index (χ2v) is 5.61. The van der Waals surface area contributed by atoms with E-state index in [0.29, 0.717) is 12.1 Å². The van der Waals surface area contributed by atoms with Crippen molar-refractivity contribution in [3.8, 4) is 0 Å². The molecule has 0 aromatic rings. The van der Waals surface area contributed by atoms with Crippen LogP contribution in [-0.4, -0.2) is 67.8 Å². The van der Waals surface area contributed by atoms with Crippen LogP contribution in [0, 0.1) is 0 Å². The fourth-order valence-electron chi connectivity index (χ4n) is 3.26. The van der Waals surface area contributed by atoms with Crippen LogP contribution in [-0.2, 0) is 4.74 Å². The summed E-state index contributed by atoms with van der Waals surface area (Å²) in [5.41, 5.74) is 5.73. The van der Waals surface area contributed by atoms with Crippen LogP contribution in [0.4, 0.5) is 0 Å². The lowest BCUT2D eigenvalue weighted by molar-refractivity contribution is -0.0511. The van der Waals surface area contributed by atoms with Crippen molar-refractivity contribution in [3.63, 3.8) is 0 Å². The standard InChI is InChI=1S/C14H29N3O/c1-2-16-9-10-18-14(11-16)12-17-8-4-3-5-13(17)6-7-15/h13-14H,2-12,15H2,1H3. The maximum Gasteiger partial charge on any atom is 0.0829 e. The van der Waals surface area contributed by atoms with E-state index in [4.69, 9.17) is 10.5 Å². The summed E-state index contributed by atoms with van der Waals surface area (Å²) in [6, 6.07) is 0.698. The minimum Gasteiger partial charge on any atom is -0.374 e. The monoisotopic (exact) mass is 255 g/mol. The number of hydrogen-bond acceptors (Lipinski definition) is 4. The molecule has 18 heavy (non-hydrogen) atoms. The Bertz CT molecular complexity index is 235. The van der Waals surface area contributed by atoms with Crippen molar-refractivity contribution in [2.24, 2.45) is 5.73 Å². The zero-order chi connectivity index (χ0) is 12.8. The quantitative estimate of drug-likeness (QED) is 0.793. The fraction of sp³-hybridized carbons (Fsp3) is 1.00. The third kappa shape index (κ3) is 3.92. The normalized spacial score (nSPS) is 31.7. The van der Waals surface area contributed by atoms with Gasteiger partial charge in [0.2, 0.25) is 0 Å². The maximum absolute atomic E-state index is 5.92. The molecule has 0 saturated carbocycles. The molecule has 2 rings (SSSR count). The highest BCUT2D eigenvalue weighted by molar-refractivity contribution is 4.82. The number of nitrogens with two attached hydrogens (primary N) is 1. The second-order valence-electron chi connectivity index (χ2n) is 5.61. The van der Waals surface area contributed by atoms with Crippen LogP contribution in [0.3, 0.4) is 0 Å². The maximum atomic E-state index is 5.92. The number of piperidine rings is 1. The van der Waals surface area contributed by atoms with Crippen molar-refractivity contribution in [3.05, 3.63) is 0 Å². The van der Waals surface area contributed by atoms with Crippen LogP contribution < -0.4 is 5.73 Å². The van der Waals surface area contributed by atoms with Gasteiger partial charge in [0, 0.05) is 25.7 Å². The molecular formula is C14H29N3O. The van der Waals surface area contributed by atoms with Crippen molar-refractivity contribution >= 4 is 0 Å². The summed E-state index contributed by atoms with van der Waals surface area (Å²) in [6.45, 7) is 9.62. The van der Waals surface area contributed by atoms with E-state index in [9.17, 15) is 0 Å². The zero-order valence-electron chi connectivity index (χ0n) is 11.8. The minimum atomic E-state index is 0.400. The van der Waals surface area contributed by atoms with E-state index < -0.39 is 0 Å². The van der Waals surface area contributed by atoms with Gasteiger partial charge in [-0.2, -0.15) is 0 Å². The minimum absolute atomic E-state index is 0.400. The van der Waals surface area contributed by atoms with Gasteiger partial charge in [-0.1, -0.05) is 13.3 Å².